The first-order valence-corrected chi connectivity index (χ1v) is 5.75. The highest BCUT2D eigenvalue weighted by Gasteiger charge is 2.36. The summed E-state index contributed by atoms with van der Waals surface area (Å²) in [4.78, 5) is 11.1. The molecule has 0 atom stereocenters. The molecule has 2 N–H and O–H groups in total. The second kappa shape index (κ2) is 6.08. The van der Waals surface area contributed by atoms with Crippen LogP contribution >= 0.6 is 0 Å². The van der Waals surface area contributed by atoms with Gasteiger partial charge in [-0.2, -0.15) is 0 Å². The van der Waals surface area contributed by atoms with Crippen molar-refractivity contribution in [2.75, 3.05) is 26.7 Å². The Labute approximate surface area is 91.8 Å². The van der Waals surface area contributed by atoms with Crippen molar-refractivity contribution in [3.63, 3.8) is 0 Å². The van der Waals surface area contributed by atoms with Crippen LogP contribution in [0.4, 0.5) is 0 Å². The van der Waals surface area contributed by atoms with Gasteiger partial charge in [0.1, 0.15) is 0 Å². The van der Waals surface area contributed by atoms with Crippen LogP contribution in [0, 0.1) is 0 Å². The van der Waals surface area contributed by atoms with Crippen molar-refractivity contribution in [3.8, 4) is 0 Å². The Hall–Kier alpha value is -0.610. The van der Waals surface area contributed by atoms with Crippen molar-refractivity contribution in [2.45, 2.75) is 38.2 Å². The van der Waals surface area contributed by atoms with Gasteiger partial charge in [-0.3, -0.25) is 4.79 Å². The number of amides is 1. The molecule has 88 valence electrons. The van der Waals surface area contributed by atoms with E-state index in [1.807, 2.05) is 6.92 Å². The van der Waals surface area contributed by atoms with Gasteiger partial charge in [0.25, 0.3) is 0 Å². The number of carbonyl (C=O) groups is 1. The zero-order valence-corrected chi connectivity index (χ0v) is 9.77. The monoisotopic (exact) mass is 214 g/mol. The molecule has 1 amide bonds. The van der Waals surface area contributed by atoms with Crippen LogP contribution in [0.25, 0.3) is 0 Å². The molecule has 0 radical (unpaired) electrons. The molecule has 0 heterocycles. The van der Waals surface area contributed by atoms with Crippen molar-refractivity contribution in [3.05, 3.63) is 0 Å². The largest absolute Gasteiger partial charge is 0.377 e. The summed E-state index contributed by atoms with van der Waals surface area (Å²) in [5.74, 6) is 0.116. The van der Waals surface area contributed by atoms with Crippen LogP contribution in [-0.2, 0) is 9.53 Å². The average Bonchev–Trinajstić information content (AvgIpc) is 2.16. The fourth-order valence-electron chi connectivity index (χ4n) is 1.83. The zero-order valence-electron chi connectivity index (χ0n) is 9.77. The smallest absolute Gasteiger partial charge is 0.221 e. The molecule has 1 saturated carbocycles. The van der Waals surface area contributed by atoms with E-state index in [0.29, 0.717) is 13.0 Å². The van der Waals surface area contributed by atoms with Crippen LogP contribution in [0.3, 0.4) is 0 Å². The van der Waals surface area contributed by atoms with Crippen LogP contribution in [0.1, 0.15) is 32.6 Å². The van der Waals surface area contributed by atoms with Crippen LogP contribution < -0.4 is 10.6 Å². The Morgan fingerprint density at radius 3 is 2.67 bits per heavy atom. The van der Waals surface area contributed by atoms with Crippen LogP contribution in [0.15, 0.2) is 0 Å². The lowest BCUT2D eigenvalue weighted by Gasteiger charge is -2.40. The molecule has 0 aromatic heterocycles. The summed E-state index contributed by atoms with van der Waals surface area (Å²) in [5.41, 5.74) is 0.0568. The zero-order chi connectivity index (χ0) is 11.1. The highest BCUT2D eigenvalue weighted by atomic mass is 16.5. The summed E-state index contributed by atoms with van der Waals surface area (Å²) < 4.78 is 5.47. The maximum Gasteiger partial charge on any atom is 0.221 e. The molecular weight excluding hydrogens is 192 g/mol. The number of hydrogen-bond donors (Lipinski definition) is 2. The first-order chi connectivity index (χ1) is 7.22. The van der Waals surface area contributed by atoms with E-state index in [2.05, 4.69) is 10.6 Å². The number of carbonyl (C=O) groups excluding carboxylic acids is 1. The van der Waals surface area contributed by atoms with Gasteiger partial charge < -0.3 is 15.4 Å². The van der Waals surface area contributed by atoms with E-state index in [0.717, 1.165) is 25.9 Å². The molecule has 1 aliphatic carbocycles. The standard InChI is InChI=1S/C11H22N2O2/c1-3-13-10(14)5-8-12-9-11(15-2)6-4-7-11/h12H,3-9H2,1-2H3,(H,13,14). The molecule has 0 saturated heterocycles. The van der Waals surface area contributed by atoms with Crippen molar-refractivity contribution >= 4 is 5.91 Å². The van der Waals surface area contributed by atoms with E-state index in [1.165, 1.54) is 6.42 Å². The fourth-order valence-corrected chi connectivity index (χ4v) is 1.83. The van der Waals surface area contributed by atoms with Crippen molar-refractivity contribution in [1.82, 2.24) is 10.6 Å². The fraction of sp³-hybridized carbons (Fsp3) is 0.909. The molecule has 0 bridgehead atoms. The van der Waals surface area contributed by atoms with Gasteiger partial charge >= 0.3 is 0 Å². The number of nitrogens with one attached hydrogen (secondary N) is 2. The maximum atomic E-state index is 11.1. The minimum atomic E-state index is 0.0568. The maximum absolute atomic E-state index is 11.1. The summed E-state index contributed by atoms with van der Waals surface area (Å²) in [7, 11) is 1.77. The van der Waals surface area contributed by atoms with Crippen LogP contribution in [0.5, 0.6) is 0 Å². The minimum absolute atomic E-state index is 0.0568. The second-order valence-corrected chi connectivity index (χ2v) is 4.12. The molecule has 4 nitrogen and oxygen atoms in total. The summed E-state index contributed by atoms with van der Waals surface area (Å²) in [6.45, 7) is 4.24. The molecule has 1 aliphatic rings. The van der Waals surface area contributed by atoms with E-state index < -0.39 is 0 Å². The molecule has 0 unspecified atom stereocenters. The predicted octanol–water partition coefficient (Wildman–Crippen LogP) is 0.671. The van der Waals surface area contributed by atoms with Crippen molar-refractivity contribution in [2.24, 2.45) is 0 Å². The lowest BCUT2D eigenvalue weighted by Crippen LogP contribution is -2.48. The normalized spacial score (nSPS) is 18.3. The van der Waals surface area contributed by atoms with Gasteiger partial charge in [-0.05, 0) is 26.2 Å². The molecular formula is C11H22N2O2. The van der Waals surface area contributed by atoms with Gasteiger partial charge in [0.15, 0.2) is 0 Å². The third kappa shape index (κ3) is 3.80. The molecule has 0 aromatic rings. The Morgan fingerprint density at radius 2 is 2.20 bits per heavy atom. The molecule has 0 spiro atoms. The molecule has 1 fully saturated rings. The van der Waals surface area contributed by atoms with Crippen molar-refractivity contribution < 1.29 is 9.53 Å². The van der Waals surface area contributed by atoms with Gasteiger partial charge in [-0.15, -0.1) is 0 Å². The van der Waals surface area contributed by atoms with Gasteiger partial charge in [-0.1, -0.05) is 0 Å². The summed E-state index contributed by atoms with van der Waals surface area (Å²) in [6, 6.07) is 0. The Morgan fingerprint density at radius 1 is 1.47 bits per heavy atom. The second-order valence-electron chi connectivity index (χ2n) is 4.12. The Balaban J connectivity index is 2.03. The third-order valence-corrected chi connectivity index (χ3v) is 3.05. The van der Waals surface area contributed by atoms with Crippen LogP contribution in [-0.4, -0.2) is 38.3 Å². The Bertz CT molecular complexity index is 197. The lowest BCUT2D eigenvalue weighted by atomic mass is 9.80. The first-order valence-electron chi connectivity index (χ1n) is 5.75. The van der Waals surface area contributed by atoms with Gasteiger partial charge in [0.2, 0.25) is 5.91 Å². The molecule has 15 heavy (non-hydrogen) atoms. The molecule has 1 rings (SSSR count). The Kier molecular flexibility index (Phi) is 5.05. The number of methoxy groups -OCH3 is 1. The van der Waals surface area contributed by atoms with Gasteiger partial charge in [0.05, 0.1) is 5.60 Å². The van der Waals surface area contributed by atoms with Crippen LogP contribution in [0.2, 0.25) is 0 Å². The lowest BCUT2D eigenvalue weighted by molar-refractivity contribution is -0.121. The number of rotatable bonds is 7. The van der Waals surface area contributed by atoms with E-state index in [-0.39, 0.29) is 11.5 Å². The van der Waals surface area contributed by atoms with E-state index in [9.17, 15) is 4.79 Å². The summed E-state index contributed by atoms with van der Waals surface area (Å²) in [6.07, 6.45) is 4.08. The molecule has 0 aliphatic heterocycles. The number of ether oxygens (including phenoxy) is 1. The quantitative estimate of drug-likeness (QED) is 0.612. The molecule has 4 heteroatoms. The topological polar surface area (TPSA) is 50.4 Å². The SMILES string of the molecule is CCNC(=O)CCNCC1(OC)CCC1. The summed E-state index contributed by atoms with van der Waals surface area (Å²) >= 11 is 0. The minimum Gasteiger partial charge on any atom is -0.377 e. The van der Waals surface area contributed by atoms with E-state index in [1.54, 1.807) is 7.11 Å². The average molecular weight is 214 g/mol. The van der Waals surface area contributed by atoms with E-state index in [4.69, 9.17) is 4.74 Å². The van der Waals surface area contributed by atoms with E-state index >= 15 is 0 Å². The highest BCUT2D eigenvalue weighted by Crippen LogP contribution is 2.34. The molecule has 0 aromatic carbocycles. The summed E-state index contributed by atoms with van der Waals surface area (Å²) in [5, 5.41) is 6.06. The predicted molar refractivity (Wildman–Crippen MR) is 59.8 cm³/mol. The van der Waals surface area contributed by atoms with Gasteiger partial charge in [-0.25, -0.2) is 0 Å². The van der Waals surface area contributed by atoms with Crippen molar-refractivity contribution in [1.29, 1.82) is 0 Å². The first kappa shape index (κ1) is 12.5. The number of hydrogen-bond acceptors (Lipinski definition) is 3. The highest BCUT2D eigenvalue weighted by molar-refractivity contribution is 5.75. The van der Waals surface area contributed by atoms with Gasteiger partial charge in [0, 0.05) is 33.2 Å². The third-order valence-electron chi connectivity index (χ3n) is 3.05.